The average Bonchev–Trinajstić information content (AvgIpc) is 2.79. The Kier molecular flexibility index (Phi) is 5.78. The van der Waals surface area contributed by atoms with Gasteiger partial charge in [0, 0.05) is 54.9 Å². The molecule has 3 aromatic heterocycles. The number of aromatic nitrogens is 5. The van der Waals surface area contributed by atoms with Crippen molar-refractivity contribution in [2.24, 2.45) is 5.92 Å². The number of H-pyrrole nitrogens is 1. The molecule has 0 unspecified atom stereocenters. The van der Waals surface area contributed by atoms with Gasteiger partial charge in [0.2, 0.25) is 11.9 Å². The topological polar surface area (TPSA) is 117 Å². The summed E-state index contributed by atoms with van der Waals surface area (Å²) in [6.45, 7) is 3.44. The summed E-state index contributed by atoms with van der Waals surface area (Å²) in [5, 5.41) is 2.77. The molecule has 0 aromatic carbocycles. The number of carbonyl (C=O) groups excluding carboxylic acids is 1. The predicted octanol–water partition coefficient (Wildman–Crippen LogP) is 2.04. The highest BCUT2D eigenvalue weighted by atomic mass is 16.2. The maximum Gasteiger partial charge on any atom is 0.251 e. The summed E-state index contributed by atoms with van der Waals surface area (Å²) in [7, 11) is 0. The summed E-state index contributed by atoms with van der Waals surface area (Å²) in [5.41, 5.74) is 1.35. The smallest absolute Gasteiger partial charge is 0.251 e. The number of pyridine rings is 1. The quantitative estimate of drug-likeness (QED) is 0.667. The molecule has 4 heterocycles. The van der Waals surface area contributed by atoms with Crippen LogP contribution in [0, 0.1) is 5.92 Å². The number of aryl methyl sites for hydroxylation is 1. The highest BCUT2D eigenvalue weighted by Crippen LogP contribution is 2.24. The van der Waals surface area contributed by atoms with Crippen molar-refractivity contribution in [3.63, 3.8) is 0 Å². The minimum absolute atomic E-state index is 0.0463. The number of rotatable bonds is 5. The van der Waals surface area contributed by atoms with Crippen molar-refractivity contribution in [1.29, 1.82) is 0 Å². The Morgan fingerprint density at radius 1 is 1.20 bits per heavy atom. The monoisotopic (exact) mass is 405 g/mol. The minimum atomic E-state index is -0.165. The first kappa shape index (κ1) is 19.7. The second-order valence-electron chi connectivity index (χ2n) is 7.17. The first-order valence-corrected chi connectivity index (χ1v) is 10.0. The van der Waals surface area contributed by atoms with Gasteiger partial charge in [0.15, 0.2) is 0 Å². The molecule has 0 radical (unpaired) electrons. The van der Waals surface area contributed by atoms with Crippen molar-refractivity contribution < 1.29 is 4.79 Å². The molecule has 1 saturated heterocycles. The zero-order valence-corrected chi connectivity index (χ0v) is 16.7. The van der Waals surface area contributed by atoms with E-state index in [1.165, 1.54) is 6.07 Å². The molecule has 0 aliphatic carbocycles. The molecule has 2 N–H and O–H groups in total. The minimum Gasteiger partial charge on any atom is -0.357 e. The van der Waals surface area contributed by atoms with Crippen LogP contribution in [0.2, 0.25) is 0 Å². The number of carbonyl (C=O) groups is 1. The predicted molar refractivity (Wildman–Crippen MR) is 113 cm³/mol. The number of aromatic amines is 1. The lowest BCUT2D eigenvalue weighted by atomic mass is 9.96. The molecule has 0 spiro atoms. The van der Waals surface area contributed by atoms with Crippen LogP contribution in [0.5, 0.6) is 0 Å². The molecular formula is C21H23N7O2. The number of hydrogen-bond acceptors (Lipinski definition) is 7. The summed E-state index contributed by atoms with van der Waals surface area (Å²) in [6, 6.07) is 7.05. The lowest BCUT2D eigenvalue weighted by molar-refractivity contribution is -0.120. The highest BCUT2D eigenvalue weighted by Gasteiger charge is 2.26. The van der Waals surface area contributed by atoms with Crippen molar-refractivity contribution in [1.82, 2.24) is 24.9 Å². The molecule has 3 aromatic rings. The van der Waals surface area contributed by atoms with Gasteiger partial charge in [-0.2, -0.15) is 0 Å². The SMILES string of the molecule is CCc1cc(=O)[nH]c(-c2ccc(N3CCC(C(=O)Nc4ncccn4)CC3)nc2)n1. The molecule has 154 valence electrons. The van der Waals surface area contributed by atoms with Gasteiger partial charge >= 0.3 is 0 Å². The molecule has 9 heteroatoms. The van der Waals surface area contributed by atoms with Crippen LogP contribution in [0.3, 0.4) is 0 Å². The number of nitrogens with one attached hydrogen (secondary N) is 2. The van der Waals surface area contributed by atoms with E-state index >= 15 is 0 Å². The van der Waals surface area contributed by atoms with Crippen molar-refractivity contribution >= 4 is 17.7 Å². The lowest BCUT2D eigenvalue weighted by Gasteiger charge is -2.32. The molecule has 0 bridgehead atoms. The van der Waals surface area contributed by atoms with E-state index in [2.05, 4.69) is 35.1 Å². The Morgan fingerprint density at radius 3 is 2.63 bits per heavy atom. The van der Waals surface area contributed by atoms with Crippen LogP contribution in [0.25, 0.3) is 11.4 Å². The van der Waals surface area contributed by atoms with Crippen LogP contribution in [-0.2, 0) is 11.2 Å². The van der Waals surface area contributed by atoms with Gasteiger partial charge in [0.1, 0.15) is 11.6 Å². The van der Waals surface area contributed by atoms with E-state index in [4.69, 9.17) is 0 Å². The summed E-state index contributed by atoms with van der Waals surface area (Å²) >= 11 is 0. The third-order valence-corrected chi connectivity index (χ3v) is 5.17. The third kappa shape index (κ3) is 4.51. The largest absolute Gasteiger partial charge is 0.357 e. The van der Waals surface area contributed by atoms with Gasteiger partial charge in [0.05, 0.1) is 0 Å². The van der Waals surface area contributed by atoms with Gasteiger partial charge in [-0.25, -0.2) is 19.9 Å². The third-order valence-electron chi connectivity index (χ3n) is 5.17. The Bertz CT molecular complexity index is 1060. The van der Waals surface area contributed by atoms with Gasteiger partial charge < -0.3 is 9.88 Å². The van der Waals surface area contributed by atoms with E-state index in [1.54, 1.807) is 24.7 Å². The number of nitrogens with zero attached hydrogens (tertiary/aromatic N) is 5. The fraction of sp³-hybridized carbons (Fsp3) is 0.333. The molecule has 1 amide bonds. The summed E-state index contributed by atoms with van der Waals surface area (Å²) < 4.78 is 0. The van der Waals surface area contributed by atoms with Crippen molar-refractivity contribution in [3.8, 4) is 11.4 Å². The maximum absolute atomic E-state index is 12.4. The zero-order chi connectivity index (χ0) is 20.9. The molecule has 0 atom stereocenters. The number of anilines is 2. The Balaban J connectivity index is 1.38. The maximum atomic E-state index is 12.4. The standard InChI is InChI=1S/C21H23N7O2/c1-2-16-12-18(29)26-19(25-16)15-4-5-17(24-13-15)28-10-6-14(7-11-28)20(30)27-21-22-8-3-9-23-21/h3-5,8-9,12-14H,2,6-7,10-11H2,1H3,(H,25,26,29)(H,22,23,27,30). The van der Waals surface area contributed by atoms with Crippen LogP contribution >= 0.6 is 0 Å². The van der Waals surface area contributed by atoms with Crippen molar-refractivity contribution in [3.05, 3.63) is 58.9 Å². The normalized spacial score (nSPS) is 14.5. The fourth-order valence-corrected chi connectivity index (χ4v) is 3.49. The first-order valence-electron chi connectivity index (χ1n) is 10.0. The molecule has 9 nitrogen and oxygen atoms in total. The second-order valence-corrected chi connectivity index (χ2v) is 7.17. The highest BCUT2D eigenvalue weighted by molar-refractivity contribution is 5.91. The Labute approximate surface area is 173 Å². The second kappa shape index (κ2) is 8.81. The van der Waals surface area contributed by atoms with Crippen molar-refractivity contribution in [2.45, 2.75) is 26.2 Å². The molecule has 4 rings (SSSR count). The molecule has 30 heavy (non-hydrogen) atoms. The van der Waals surface area contributed by atoms with Crippen LogP contribution < -0.4 is 15.8 Å². The molecule has 1 aliphatic heterocycles. The van der Waals surface area contributed by atoms with Crippen LogP contribution in [0.15, 0.2) is 47.7 Å². The molecular weight excluding hydrogens is 382 g/mol. The first-order chi connectivity index (χ1) is 14.6. The molecule has 1 aliphatic rings. The zero-order valence-electron chi connectivity index (χ0n) is 16.7. The number of amides is 1. The van der Waals surface area contributed by atoms with Gasteiger partial charge in [-0.05, 0) is 37.5 Å². The lowest BCUT2D eigenvalue weighted by Crippen LogP contribution is -2.38. The Hall–Kier alpha value is -3.62. The number of piperidine rings is 1. The molecule has 1 fully saturated rings. The van der Waals surface area contributed by atoms with Gasteiger partial charge in [-0.15, -0.1) is 0 Å². The Morgan fingerprint density at radius 2 is 1.97 bits per heavy atom. The van der Waals surface area contributed by atoms with Crippen molar-refractivity contribution in [2.75, 3.05) is 23.3 Å². The summed E-state index contributed by atoms with van der Waals surface area (Å²) in [5.74, 6) is 1.58. The van der Waals surface area contributed by atoms with E-state index in [0.717, 1.165) is 43.0 Å². The van der Waals surface area contributed by atoms with E-state index in [0.29, 0.717) is 18.2 Å². The van der Waals surface area contributed by atoms with Gasteiger partial charge in [-0.3, -0.25) is 14.9 Å². The van der Waals surface area contributed by atoms with Gasteiger partial charge in [-0.1, -0.05) is 6.92 Å². The summed E-state index contributed by atoms with van der Waals surface area (Å²) in [6.07, 6.45) is 7.08. The van der Waals surface area contributed by atoms with E-state index < -0.39 is 0 Å². The van der Waals surface area contributed by atoms with E-state index in [9.17, 15) is 9.59 Å². The van der Waals surface area contributed by atoms with Crippen LogP contribution in [0.1, 0.15) is 25.5 Å². The van der Waals surface area contributed by atoms with Crippen LogP contribution in [-0.4, -0.2) is 43.9 Å². The average molecular weight is 405 g/mol. The van der Waals surface area contributed by atoms with E-state index in [1.807, 2.05) is 19.1 Å². The van der Waals surface area contributed by atoms with Crippen LogP contribution in [0.4, 0.5) is 11.8 Å². The number of hydrogen-bond donors (Lipinski definition) is 2. The fourth-order valence-electron chi connectivity index (χ4n) is 3.49. The van der Waals surface area contributed by atoms with E-state index in [-0.39, 0.29) is 17.4 Å². The van der Waals surface area contributed by atoms with Gasteiger partial charge in [0.25, 0.3) is 5.56 Å². The summed E-state index contributed by atoms with van der Waals surface area (Å²) in [4.78, 5) is 46.2. The molecule has 0 saturated carbocycles.